The molecule has 0 heterocycles. The zero-order valence-electron chi connectivity index (χ0n) is 16.6. The molecule has 0 aliphatic heterocycles. The average Bonchev–Trinajstić information content (AvgIpc) is 2.84. The highest BCUT2D eigenvalue weighted by atomic mass is 28.4. The van der Waals surface area contributed by atoms with E-state index in [1.807, 2.05) is 0 Å². The van der Waals surface area contributed by atoms with Gasteiger partial charge in [0.15, 0.2) is 0 Å². The Morgan fingerprint density at radius 3 is 1.37 bits per heavy atom. The van der Waals surface area contributed by atoms with Crippen LogP contribution in [0.4, 0.5) is 0 Å². The maximum absolute atomic E-state index is 7.21. The van der Waals surface area contributed by atoms with Gasteiger partial charge in [0, 0.05) is 5.39 Å². The van der Waals surface area contributed by atoms with Crippen molar-refractivity contribution < 1.29 is 4.43 Å². The summed E-state index contributed by atoms with van der Waals surface area (Å²) in [5.41, 5.74) is 0. The molecule has 0 amide bonds. The molecule has 0 aliphatic carbocycles. The summed E-state index contributed by atoms with van der Waals surface area (Å²) in [6, 6.07) is 46.8. The molecule has 0 N–H and O–H groups in total. The van der Waals surface area contributed by atoms with Gasteiger partial charge in [-0.25, -0.2) is 0 Å². The fourth-order valence-corrected chi connectivity index (χ4v) is 7.99. The molecule has 1 nitrogen and oxygen atoms in total. The van der Waals surface area contributed by atoms with Crippen LogP contribution >= 0.6 is 0 Å². The van der Waals surface area contributed by atoms with Crippen molar-refractivity contribution in [1.82, 2.24) is 0 Å². The molecule has 0 spiro atoms. The minimum atomic E-state index is -2.78. The molecule has 5 rings (SSSR count). The Morgan fingerprint density at radius 1 is 0.400 bits per heavy atom. The molecule has 0 bridgehead atoms. The van der Waals surface area contributed by atoms with Crippen molar-refractivity contribution >= 4 is 34.7 Å². The molecule has 30 heavy (non-hydrogen) atoms. The molecule has 0 fully saturated rings. The average molecular weight is 403 g/mol. The van der Waals surface area contributed by atoms with E-state index in [0.717, 1.165) is 11.1 Å². The van der Waals surface area contributed by atoms with Crippen LogP contribution in [0, 0.1) is 0 Å². The number of fused-ring (bicyclic) bond motifs is 1. The highest BCUT2D eigenvalue weighted by Gasteiger charge is 2.44. The Balaban J connectivity index is 1.82. The third kappa shape index (κ3) is 3.21. The van der Waals surface area contributed by atoms with Gasteiger partial charge in [-0.15, -0.1) is 0 Å². The fraction of sp³-hybridized carbons (Fsp3) is 0. The highest BCUT2D eigenvalue weighted by Crippen LogP contribution is 2.27. The summed E-state index contributed by atoms with van der Waals surface area (Å²) in [6.45, 7) is 0. The summed E-state index contributed by atoms with van der Waals surface area (Å²) in [4.78, 5) is 0. The normalized spacial score (nSPS) is 11.3. The number of hydrogen-bond donors (Lipinski definition) is 0. The predicted molar refractivity (Wildman–Crippen MR) is 129 cm³/mol. The van der Waals surface area contributed by atoms with Gasteiger partial charge in [-0.1, -0.05) is 127 Å². The monoisotopic (exact) mass is 402 g/mol. The molecule has 2 heteroatoms. The Kier molecular flexibility index (Phi) is 4.92. The topological polar surface area (TPSA) is 9.23 Å². The third-order valence-corrected chi connectivity index (χ3v) is 9.52. The van der Waals surface area contributed by atoms with Crippen LogP contribution in [0.1, 0.15) is 0 Å². The van der Waals surface area contributed by atoms with Gasteiger partial charge in [-0.05, 0) is 27.0 Å². The summed E-state index contributed by atoms with van der Waals surface area (Å²) in [7, 11) is -2.78. The van der Waals surface area contributed by atoms with E-state index < -0.39 is 8.32 Å². The van der Waals surface area contributed by atoms with Gasteiger partial charge >= 0.3 is 8.32 Å². The predicted octanol–water partition coefficient (Wildman–Crippen LogP) is 4.89. The molecule has 0 aliphatic rings. The second-order valence-corrected chi connectivity index (χ2v) is 10.7. The fourth-order valence-electron chi connectivity index (χ4n) is 4.14. The first-order valence-corrected chi connectivity index (χ1v) is 12.1. The molecule has 5 aromatic rings. The van der Waals surface area contributed by atoms with Crippen molar-refractivity contribution in [3.63, 3.8) is 0 Å². The van der Waals surface area contributed by atoms with E-state index in [4.69, 9.17) is 4.43 Å². The van der Waals surface area contributed by atoms with Gasteiger partial charge in [0.2, 0.25) is 0 Å². The Bertz CT molecular complexity index is 1150. The molecular weight excluding hydrogens is 380 g/mol. The van der Waals surface area contributed by atoms with Crippen molar-refractivity contribution in [2.75, 3.05) is 0 Å². The van der Waals surface area contributed by atoms with Gasteiger partial charge in [-0.3, -0.25) is 0 Å². The summed E-state index contributed by atoms with van der Waals surface area (Å²) >= 11 is 0. The van der Waals surface area contributed by atoms with Gasteiger partial charge in [0.25, 0.3) is 0 Å². The second-order valence-electron chi connectivity index (χ2n) is 7.36. The Hall–Kier alpha value is -3.62. The SMILES string of the molecule is c1ccc([Si](Oc2cccc3ccccc23)(c2ccccc2)c2ccccc2)cc1. The van der Waals surface area contributed by atoms with Crippen LogP contribution in [-0.2, 0) is 0 Å². The lowest BCUT2D eigenvalue weighted by Gasteiger charge is -2.34. The van der Waals surface area contributed by atoms with Crippen molar-refractivity contribution in [3.8, 4) is 5.75 Å². The van der Waals surface area contributed by atoms with E-state index >= 15 is 0 Å². The van der Waals surface area contributed by atoms with Crippen LogP contribution in [0.3, 0.4) is 0 Å². The van der Waals surface area contributed by atoms with Crippen LogP contribution in [0.5, 0.6) is 5.75 Å². The molecule has 0 unspecified atom stereocenters. The number of benzene rings is 5. The first-order valence-electron chi connectivity index (χ1n) is 10.2. The molecule has 0 atom stereocenters. The minimum Gasteiger partial charge on any atom is -0.530 e. The third-order valence-electron chi connectivity index (χ3n) is 5.55. The lowest BCUT2D eigenvalue weighted by Crippen LogP contribution is -2.71. The Morgan fingerprint density at radius 2 is 0.833 bits per heavy atom. The van der Waals surface area contributed by atoms with Crippen molar-refractivity contribution in [3.05, 3.63) is 133 Å². The van der Waals surface area contributed by atoms with Crippen molar-refractivity contribution in [2.45, 2.75) is 0 Å². The van der Waals surface area contributed by atoms with Crippen molar-refractivity contribution in [1.29, 1.82) is 0 Å². The van der Waals surface area contributed by atoms with Gasteiger partial charge < -0.3 is 4.43 Å². The number of rotatable bonds is 5. The zero-order chi connectivity index (χ0) is 20.2. The molecule has 0 saturated heterocycles. The van der Waals surface area contributed by atoms with E-state index in [9.17, 15) is 0 Å². The summed E-state index contributed by atoms with van der Waals surface area (Å²) < 4.78 is 7.21. The maximum atomic E-state index is 7.21. The van der Waals surface area contributed by atoms with Crippen LogP contribution in [0.15, 0.2) is 133 Å². The van der Waals surface area contributed by atoms with Crippen LogP contribution in [0.25, 0.3) is 10.8 Å². The molecule has 0 radical (unpaired) electrons. The first-order chi connectivity index (χ1) is 14.9. The van der Waals surface area contributed by atoms with Crippen LogP contribution in [0.2, 0.25) is 0 Å². The standard InChI is InChI=1S/C28H22OSi/c1-4-15-24(16-5-1)30(25-17-6-2-7-18-25,26-19-8-3-9-20-26)29-28-22-12-14-23-13-10-11-21-27(23)28/h1-22H. The zero-order valence-corrected chi connectivity index (χ0v) is 17.6. The lowest BCUT2D eigenvalue weighted by atomic mass is 10.1. The maximum Gasteiger partial charge on any atom is 0.346 e. The highest BCUT2D eigenvalue weighted by molar-refractivity contribution is 7.07. The van der Waals surface area contributed by atoms with Gasteiger partial charge in [-0.2, -0.15) is 0 Å². The van der Waals surface area contributed by atoms with Crippen LogP contribution in [-0.4, -0.2) is 8.32 Å². The van der Waals surface area contributed by atoms with Crippen molar-refractivity contribution in [2.24, 2.45) is 0 Å². The van der Waals surface area contributed by atoms with E-state index in [1.54, 1.807) is 0 Å². The van der Waals surface area contributed by atoms with E-state index in [0.29, 0.717) is 0 Å². The first kappa shape index (κ1) is 18.4. The molecular formula is C28H22OSi. The second kappa shape index (κ2) is 8.01. The molecule has 144 valence electrons. The molecule has 0 aromatic heterocycles. The smallest absolute Gasteiger partial charge is 0.346 e. The van der Waals surface area contributed by atoms with Gasteiger partial charge in [0.05, 0.1) is 0 Å². The summed E-state index contributed by atoms with van der Waals surface area (Å²) in [5.74, 6) is 0.927. The molecule has 5 aromatic carbocycles. The van der Waals surface area contributed by atoms with Gasteiger partial charge in [0.1, 0.15) is 5.75 Å². The lowest BCUT2D eigenvalue weighted by molar-refractivity contribution is 0.584. The summed E-state index contributed by atoms with van der Waals surface area (Å²) in [6.07, 6.45) is 0. The van der Waals surface area contributed by atoms with Crippen LogP contribution < -0.4 is 20.0 Å². The molecule has 0 saturated carbocycles. The Labute approximate surface area is 178 Å². The number of hydrogen-bond acceptors (Lipinski definition) is 1. The van der Waals surface area contributed by atoms with E-state index in [-0.39, 0.29) is 0 Å². The van der Waals surface area contributed by atoms with E-state index in [2.05, 4.69) is 133 Å². The van der Waals surface area contributed by atoms with E-state index in [1.165, 1.54) is 20.9 Å². The largest absolute Gasteiger partial charge is 0.530 e. The minimum absolute atomic E-state index is 0.927. The summed E-state index contributed by atoms with van der Waals surface area (Å²) in [5, 5.41) is 6.02. The quantitative estimate of drug-likeness (QED) is 0.301.